The van der Waals surface area contributed by atoms with Crippen molar-refractivity contribution in [3.63, 3.8) is 0 Å². The van der Waals surface area contributed by atoms with Gasteiger partial charge in [-0.25, -0.2) is 8.42 Å². The van der Waals surface area contributed by atoms with E-state index in [1.54, 1.807) is 16.9 Å². The number of hydrogen-bond acceptors (Lipinski definition) is 4. The molecular formula is C11H13NO4S. The summed E-state index contributed by atoms with van der Waals surface area (Å²) in [6.45, 7) is 2.69. The van der Waals surface area contributed by atoms with Gasteiger partial charge in [0.15, 0.2) is 12.8 Å². The first-order chi connectivity index (χ1) is 8.00. The van der Waals surface area contributed by atoms with Crippen molar-refractivity contribution in [1.29, 1.82) is 0 Å². The van der Waals surface area contributed by atoms with Gasteiger partial charge in [-0.05, 0) is 23.8 Å². The first-order valence-electron chi connectivity index (χ1n) is 5.33. The van der Waals surface area contributed by atoms with E-state index in [0.29, 0.717) is 12.0 Å². The normalized spacial score (nSPS) is 19.9. The second-order valence-corrected chi connectivity index (χ2v) is 5.15. The van der Waals surface area contributed by atoms with Gasteiger partial charge in [-0.2, -0.15) is 0 Å². The number of hydroxylamine groups is 1. The van der Waals surface area contributed by atoms with Crippen molar-refractivity contribution < 1.29 is 22.5 Å². The lowest BCUT2D eigenvalue weighted by atomic mass is 10.1. The summed E-state index contributed by atoms with van der Waals surface area (Å²) < 4.78 is 34.4. The SMILES string of the molecule is CC[N+]1=CCC(c2cccc(S(=O)(=O)[O-])c2)O1. The van der Waals surface area contributed by atoms with Crippen molar-refractivity contribution in [2.75, 3.05) is 6.54 Å². The van der Waals surface area contributed by atoms with Gasteiger partial charge in [0.25, 0.3) is 0 Å². The lowest BCUT2D eigenvalue weighted by Crippen LogP contribution is -2.08. The fourth-order valence-corrected chi connectivity index (χ4v) is 2.26. The Morgan fingerprint density at radius 2 is 2.29 bits per heavy atom. The highest BCUT2D eigenvalue weighted by molar-refractivity contribution is 7.85. The lowest BCUT2D eigenvalue weighted by Gasteiger charge is -2.11. The molecule has 6 heteroatoms. The number of rotatable bonds is 3. The molecule has 5 nitrogen and oxygen atoms in total. The van der Waals surface area contributed by atoms with Crippen LogP contribution in [0.2, 0.25) is 0 Å². The zero-order valence-corrected chi connectivity index (χ0v) is 10.2. The smallest absolute Gasteiger partial charge is 0.204 e. The summed E-state index contributed by atoms with van der Waals surface area (Å²) in [4.78, 5) is 5.33. The summed E-state index contributed by atoms with van der Waals surface area (Å²) in [7, 11) is -4.40. The fraction of sp³-hybridized carbons (Fsp3) is 0.364. The van der Waals surface area contributed by atoms with Crippen LogP contribution in [0.15, 0.2) is 29.2 Å². The first kappa shape index (κ1) is 12.1. The maximum absolute atomic E-state index is 10.9. The Bertz CT molecular complexity index is 550. The van der Waals surface area contributed by atoms with Crippen LogP contribution in [0.4, 0.5) is 0 Å². The minimum Gasteiger partial charge on any atom is -0.744 e. The molecule has 92 valence electrons. The van der Waals surface area contributed by atoms with E-state index in [0.717, 1.165) is 6.54 Å². The minimum absolute atomic E-state index is 0.211. The molecule has 17 heavy (non-hydrogen) atoms. The standard InChI is InChI=1S/C11H13NO4S/c1-2-12-7-6-11(16-12)9-4-3-5-10(8-9)17(13,14)15/h3-5,7-8,11H,2,6H2,1H3. The molecule has 0 saturated carbocycles. The van der Waals surface area contributed by atoms with Crippen LogP contribution in [0.5, 0.6) is 0 Å². The van der Waals surface area contributed by atoms with Crippen LogP contribution in [-0.4, -0.2) is 30.5 Å². The zero-order valence-electron chi connectivity index (χ0n) is 9.37. The molecule has 1 aromatic rings. The van der Waals surface area contributed by atoms with E-state index in [1.165, 1.54) is 12.1 Å². The van der Waals surface area contributed by atoms with Gasteiger partial charge in [-0.15, -0.1) is 0 Å². The molecule has 0 fully saturated rings. The van der Waals surface area contributed by atoms with Crippen LogP contribution in [-0.2, 0) is 15.0 Å². The topological polar surface area (TPSA) is 69.4 Å². The highest BCUT2D eigenvalue weighted by Crippen LogP contribution is 2.25. The molecule has 0 bridgehead atoms. The molecule has 0 aromatic heterocycles. The van der Waals surface area contributed by atoms with E-state index < -0.39 is 10.1 Å². The largest absolute Gasteiger partial charge is 0.744 e. The number of hydrogen-bond donors (Lipinski definition) is 0. The summed E-state index contributed by atoms with van der Waals surface area (Å²) in [5.41, 5.74) is 0.703. The van der Waals surface area contributed by atoms with Crippen LogP contribution in [0, 0.1) is 0 Å². The van der Waals surface area contributed by atoms with Gasteiger partial charge < -0.3 is 4.55 Å². The van der Waals surface area contributed by atoms with E-state index >= 15 is 0 Å². The van der Waals surface area contributed by atoms with Gasteiger partial charge in [0.05, 0.1) is 11.3 Å². The number of nitrogens with zero attached hydrogens (tertiary/aromatic N) is 1. The number of benzene rings is 1. The summed E-state index contributed by atoms with van der Waals surface area (Å²) in [5, 5.41) is 0. The summed E-state index contributed by atoms with van der Waals surface area (Å²) in [5.74, 6) is 0. The first-order valence-corrected chi connectivity index (χ1v) is 6.74. The van der Waals surface area contributed by atoms with Crippen molar-refractivity contribution in [2.24, 2.45) is 0 Å². The predicted molar refractivity (Wildman–Crippen MR) is 59.7 cm³/mol. The van der Waals surface area contributed by atoms with Crippen LogP contribution in [0.3, 0.4) is 0 Å². The van der Waals surface area contributed by atoms with Gasteiger partial charge in [-0.3, -0.25) is 4.84 Å². The minimum atomic E-state index is -4.40. The molecule has 1 heterocycles. The molecule has 1 aliphatic rings. The fourth-order valence-electron chi connectivity index (χ4n) is 1.73. The molecule has 0 aliphatic carbocycles. The van der Waals surface area contributed by atoms with Gasteiger partial charge >= 0.3 is 0 Å². The van der Waals surface area contributed by atoms with Crippen LogP contribution in [0.25, 0.3) is 0 Å². The van der Waals surface area contributed by atoms with Crippen LogP contribution >= 0.6 is 0 Å². The van der Waals surface area contributed by atoms with Gasteiger partial charge in [0.2, 0.25) is 6.10 Å². The maximum atomic E-state index is 10.9. The summed E-state index contributed by atoms with van der Waals surface area (Å²) >= 11 is 0. The molecule has 2 rings (SSSR count). The summed E-state index contributed by atoms with van der Waals surface area (Å²) in [6.07, 6.45) is 2.37. The monoisotopic (exact) mass is 255 g/mol. The Morgan fingerprint density at radius 1 is 1.53 bits per heavy atom. The Kier molecular flexibility index (Phi) is 3.17. The van der Waals surface area contributed by atoms with E-state index in [1.807, 2.05) is 13.1 Å². The van der Waals surface area contributed by atoms with Crippen molar-refractivity contribution in [3.8, 4) is 0 Å². The third kappa shape index (κ3) is 2.65. The van der Waals surface area contributed by atoms with E-state index in [-0.39, 0.29) is 11.0 Å². The average Bonchev–Trinajstić information content (AvgIpc) is 2.76. The van der Waals surface area contributed by atoms with Crippen molar-refractivity contribution in [2.45, 2.75) is 24.3 Å². The second kappa shape index (κ2) is 4.46. The van der Waals surface area contributed by atoms with Gasteiger partial charge in [0, 0.05) is 5.56 Å². The molecule has 0 amide bonds. The highest BCUT2D eigenvalue weighted by Gasteiger charge is 2.26. The van der Waals surface area contributed by atoms with Gasteiger partial charge in [0.1, 0.15) is 10.1 Å². The van der Waals surface area contributed by atoms with Crippen molar-refractivity contribution >= 4 is 16.3 Å². The molecule has 1 unspecified atom stereocenters. The Hall–Kier alpha value is -1.40. The lowest BCUT2D eigenvalue weighted by molar-refractivity contribution is -0.783. The molecule has 1 aliphatic heterocycles. The molecule has 1 aromatic carbocycles. The van der Waals surface area contributed by atoms with E-state index in [4.69, 9.17) is 4.84 Å². The quantitative estimate of drug-likeness (QED) is 0.598. The third-order valence-corrected chi connectivity index (χ3v) is 3.45. The van der Waals surface area contributed by atoms with Crippen LogP contribution < -0.4 is 0 Å². The predicted octanol–water partition coefficient (Wildman–Crippen LogP) is 1.07. The Balaban J connectivity index is 2.24. The molecule has 0 radical (unpaired) electrons. The van der Waals surface area contributed by atoms with Gasteiger partial charge in [-0.1, -0.05) is 12.1 Å². The zero-order chi connectivity index (χ0) is 12.5. The average molecular weight is 255 g/mol. The Morgan fingerprint density at radius 3 is 2.88 bits per heavy atom. The molecule has 0 spiro atoms. The van der Waals surface area contributed by atoms with Crippen LogP contribution in [0.1, 0.15) is 25.0 Å². The summed E-state index contributed by atoms with van der Waals surface area (Å²) in [6, 6.07) is 5.98. The van der Waals surface area contributed by atoms with Crippen molar-refractivity contribution in [3.05, 3.63) is 29.8 Å². The third-order valence-electron chi connectivity index (χ3n) is 2.62. The molecule has 1 atom stereocenters. The van der Waals surface area contributed by atoms with E-state index in [9.17, 15) is 13.0 Å². The van der Waals surface area contributed by atoms with Crippen molar-refractivity contribution in [1.82, 2.24) is 0 Å². The van der Waals surface area contributed by atoms with E-state index in [2.05, 4.69) is 0 Å². The Labute approximate surface area is 100 Å². The molecule has 0 saturated heterocycles. The second-order valence-electron chi connectivity index (χ2n) is 3.77. The maximum Gasteiger partial charge on any atom is 0.204 e. The molecule has 0 N–H and O–H groups in total. The highest BCUT2D eigenvalue weighted by atomic mass is 32.2. The molecular weight excluding hydrogens is 242 g/mol.